The van der Waals surface area contributed by atoms with E-state index in [4.69, 9.17) is 4.74 Å². The fourth-order valence-electron chi connectivity index (χ4n) is 4.64. The lowest BCUT2D eigenvalue weighted by molar-refractivity contribution is -0.136. The van der Waals surface area contributed by atoms with Gasteiger partial charge in [-0.1, -0.05) is 18.9 Å². The summed E-state index contributed by atoms with van der Waals surface area (Å²) in [7, 11) is 0. The molecule has 6 nitrogen and oxygen atoms in total. The third-order valence-electron chi connectivity index (χ3n) is 6.34. The molecule has 2 fully saturated rings. The molecule has 28 heavy (non-hydrogen) atoms. The Bertz CT molecular complexity index is 722. The Labute approximate surface area is 167 Å². The van der Waals surface area contributed by atoms with Gasteiger partial charge in [-0.2, -0.15) is 0 Å². The zero-order valence-electron chi connectivity index (χ0n) is 16.9. The number of carbonyl (C=O) groups excluding carboxylic acids is 2. The molecule has 0 radical (unpaired) electrons. The maximum atomic E-state index is 12.9. The lowest BCUT2D eigenvalue weighted by Gasteiger charge is -2.34. The highest BCUT2D eigenvalue weighted by Crippen LogP contribution is 2.30. The van der Waals surface area contributed by atoms with Crippen LogP contribution < -0.4 is 4.74 Å². The first kappa shape index (κ1) is 19.2. The van der Waals surface area contributed by atoms with Crippen LogP contribution in [-0.4, -0.2) is 65.8 Å². The van der Waals surface area contributed by atoms with Gasteiger partial charge in [-0.05, 0) is 30.5 Å². The molecular formula is C22H31N3O3. The number of amides is 2. The van der Waals surface area contributed by atoms with Crippen LogP contribution in [0.4, 0.5) is 0 Å². The number of hydrogen-bond donors (Lipinski definition) is 0. The smallest absolute Gasteiger partial charge is 0.226 e. The summed E-state index contributed by atoms with van der Waals surface area (Å²) in [6.07, 6.45) is 4.43. The van der Waals surface area contributed by atoms with E-state index in [-0.39, 0.29) is 11.8 Å². The van der Waals surface area contributed by atoms with E-state index in [1.807, 2.05) is 9.80 Å². The van der Waals surface area contributed by atoms with Crippen molar-refractivity contribution in [3.05, 3.63) is 29.3 Å². The van der Waals surface area contributed by atoms with E-state index >= 15 is 0 Å². The Hall–Kier alpha value is -2.08. The van der Waals surface area contributed by atoms with E-state index in [2.05, 4.69) is 23.1 Å². The molecule has 1 aromatic rings. The number of ether oxygens (including phenoxy) is 1. The van der Waals surface area contributed by atoms with E-state index in [1.165, 1.54) is 18.4 Å². The fraction of sp³-hybridized carbons (Fsp3) is 0.636. The summed E-state index contributed by atoms with van der Waals surface area (Å²) in [6, 6.07) is 6.39. The normalized spacial score (nSPS) is 21.2. The van der Waals surface area contributed by atoms with E-state index in [0.29, 0.717) is 25.6 Å². The molecule has 0 unspecified atom stereocenters. The first-order valence-electron chi connectivity index (χ1n) is 10.6. The van der Waals surface area contributed by atoms with E-state index in [0.717, 1.165) is 56.9 Å². The number of fused-ring (bicyclic) bond motifs is 1. The Kier molecular flexibility index (Phi) is 5.85. The van der Waals surface area contributed by atoms with Gasteiger partial charge in [0.2, 0.25) is 11.8 Å². The summed E-state index contributed by atoms with van der Waals surface area (Å²) in [5.74, 6) is 1.59. The summed E-state index contributed by atoms with van der Waals surface area (Å²) in [6.45, 7) is 7.80. The monoisotopic (exact) mass is 385 g/mol. The van der Waals surface area contributed by atoms with E-state index < -0.39 is 0 Å². The third kappa shape index (κ3) is 4.32. The molecule has 2 heterocycles. The minimum Gasteiger partial charge on any atom is -0.491 e. The van der Waals surface area contributed by atoms with Crippen molar-refractivity contribution in [3.63, 3.8) is 0 Å². The van der Waals surface area contributed by atoms with Crippen LogP contribution >= 0.6 is 0 Å². The molecule has 1 saturated carbocycles. The quantitative estimate of drug-likeness (QED) is 0.801. The largest absolute Gasteiger partial charge is 0.491 e. The number of rotatable bonds is 3. The number of piperazine rings is 1. The van der Waals surface area contributed by atoms with Gasteiger partial charge in [-0.15, -0.1) is 0 Å². The molecule has 152 valence electrons. The SMILES string of the molecule is CC(=O)N1CCN(Cc2ccc3c(c2)CN(C(=O)C2CCCC2)CCO3)CC1. The molecule has 4 rings (SSSR count). The van der Waals surface area contributed by atoms with Gasteiger partial charge < -0.3 is 14.5 Å². The topological polar surface area (TPSA) is 53.1 Å². The van der Waals surface area contributed by atoms with Gasteiger partial charge in [-0.3, -0.25) is 14.5 Å². The highest BCUT2D eigenvalue weighted by atomic mass is 16.5. The predicted octanol–water partition coefficient (Wildman–Crippen LogP) is 2.26. The molecule has 0 N–H and O–H groups in total. The molecule has 6 heteroatoms. The summed E-state index contributed by atoms with van der Waals surface area (Å²) in [4.78, 5) is 30.7. The second kappa shape index (κ2) is 8.52. The van der Waals surface area contributed by atoms with E-state index in [1.54, 1.807) is 6.92 Å². The average Bonchev–Trinajstić information content (AvgIpc) is 3.15. The highest BCUT2D eigenvalue weighted by molar-refractivity contribution is 5.79. The molecule has 0 atom stereocenters. The number of benzene rings is 1. The van der Waals surface area contributed by atoms with Crippen molar-refractivity contribution in [3.8, 4) is 5.75 Å². The van der Waals surface area contributed by atoms with Gasteiger partial charge in [0.25, 0.3) is 0 Å². The molecule has 1 aromatic carbocycles. The lowest BCUT2D eigenvalue weighted by Crippen LogP contribution is -2.47. The van der Waals surface area contributed by atoms with Crippen molar-refractivity contribution >= 4 is 11.8 Å². The molecule has 0 bridgehead atoms. The minimum atomic E-state index is 0.161. The number of carbonyl (C=O) groups is 2. The van der Waals surface area contributed by atoms with Crippen LogP contribution in [0.2, 0.25) is 0 Å². The van der Waals surface area contributed by atoms with Gasteiger partial charge in [0.1, 0.15) is 12.4 Å². The number of nitrogens with zero attached hydrogens (tertiary/aromatic N) is 3. The third-order valence-corrected chi connectivity index (χ3v) is 6.34. The van der Waals surface area contributed by atoms with Gasteiger partial charge in [0.05, 0.1) is 6.54 Å². The zero-order valence-corrected chi connectivity index (χ0v) is 16.9. The second-order valence-electron chi connectivity index (χ2n) is 8.31. The molecule has 1 aliphatic carbocycles. The molecule has 2 aliphatic heterocycles. The van der Waals surface area contributed by atoms with Crippen LogP contribution in [0.5, 0.6) is 5.75 Å². The summed E-state index contributed by atoms with van der Waals surface area (Å²) in [5.41, 5.74) is 2.36. The molecule has 3 aliphatic rings. The van der Waals surface area contributed by atoms with Crippen LogP contribution in [0.15, 0.2) is 18.2 Å². The molecule has 1 saturated heterocycles. The maximum absolute atomic E-state index is 12.9. The summed E-state index contributed by atoms with van der Waals surface area (Å²) in [5, 5.41) is 0. The number of hydrogen-bond acceptors (Lipinski definition) is 4. The highest BCUT2D eigenvalue weighted by Gasteiger charge is 2.29. The maximum Gasteiger partial charge on any atom is 0.226 e. The van der Waals surface area contributed by atoms with Gasteiger partial charge >= 0.3 is 0 Å². The first-order valence-corrected chi connectivity index (χ1v) is 10.6. The summed E-state index contributed by atoms with van der Waals surface area (Å²) < 4.78 is 5.93. The van der Waals surface area contributed by atoms with Gasteiger partial charge in [0.15, 0.2) is 0 Å². The van der Waals surface area contributed by atoms with Crippen molar-refractivity contribution < 1.29 is 14.3 Å². The standard InChI is InChI=1S/C22H31N3O3/c1-17(26)24-10-8-23(9-11-24)15-18-6-7-21-20(14-18)16-25(12-13-28-21)22(27)19-4-2-3-5-19/h6-7,14,19H,2-5,8-13,15-16H2,1H3. The first-order chi connectivity index (χ1) is 13.6. The van der Waals surface area contributed by atoms with Crippen LogP contribution in [0, 0.1) is 5.92 Å². The molecule has 0 spiro atoms. The van der Waals surface area contributed by atoms with Crippen molar-refractivity contribution in [1.82, 2.24) is 14.7 Å². The van der Waals surface area contributed by atoms with Crippen LogP contribution in [-0.2, 0) is 22.7 Å². The zero-order chi connectivity index (χ0) is 19.5. The van der Waals surface area contributed by atoms with Crippen LogP contribution in [0.3, 0.4) is 0 Å². The van der Waals surface area contributed by atoms with Gasteiger partial charge in [-0.25, -0.2) is 0 Å². The van der Waals surface area contributed by atoms with Gasteiger partial charge in [0, 0.05) is 57.7 Å². The van der Waals surface area contributed by atoms with Crippen molar-refractivity contribution in [2.45, 2.75) is 45.7 Å². The second-order valence-corrected chi connectivity index (χ2v) is 8.31. The van der Waals surface area contributed by atoms with Crippen LogP contribution in [0.1, 0.15) is 43.7 Å². The Morgan fingerprint density at radius 3 is 2.50 bits per heavy atom. The molecular weight excluding hydrogens is 354 g/mol. The predicted molar refractivity (Wildman–Crippen MR) is 107 cm³/mol. The van der Waals surface area contributed by atoms with Crippen molar-refractivity contribution in [2.24, 2.45) is 5.92 Å². The molecule has 2 amide bonds. The lowest BCUT2D eigenvalue weighted by atomic mass is 10.0. The van der Waals surface area contributed by atoms with E-state index in [9.17, 15) is 9.59 Å². The Balaban J connectivity index is 1.41. The Morgan fingerprint density at radius 1 is 1.04 bits per heavy atom. The van der Waals surface area contributed by atoms with Crippen molar-refractivity contribution in [1.29, 1.82) is 0 Å². The Morgan fingerprint density at radius 2 is 1.79 bits per heavy atom. The minimum absolute atomic E-state index is 0.161. The summed E-state index contributed by atoms with van der Waals surface area (Å²) >= 11 is 0. The van der Waals surface area contributed by atoms with Crippen LogP contribution in [0.25, 0.3) is 0 Å². The molecule has 0 aromatic heterocycles. The van der Waals surface area contributed by atoms with Crippen molar-refractivity contribution in [2.75, 3.05) is 39.3 Å². The fourth-order valence-corrected chi connectivity index (χ4v) is 4.64. The average molecular weight is 386 g/mol.